The normalized spacial score (nSPS) is 13.3. The second kappa shape index (κ2) is 9.27. The molecule has 0 radical (unpaired) electrons. The quantitative estimate of drug-likeness (QED) is 0.250. The fourth-order valence-corrected chi connectivity index (χ4v) is 5.58. The average Bonchev–Trinajstić information content (AvgIpc) is 3.78. The van der Waals surface area contributed by atoms with Crippen LogP contribution in [0.3, 0.4) is 0 Å². The molecule has 6 heteroatoms. The molecule has 0 saturated heterocycles. The summed E-state index contributed by atoms with van der Waals surface area (Å²) in [4.78, 5) is 14.9. The van der Waals surface area contributed by atoms with E-state index in [9.17, 15) is 0 Å². The van der Waals surface area contributed by atoms with Gasteiger partial charge < -0.3 is 19.9 Å². The first kappa shape index (κ1) is 24.0. The molecule has 0 saturated carbocycles. The van der Waals surface area contributed by atoms with Crippen LogP contribution in [0.15, 0.2) is 97.6 Å². The van der Waals surface area contributed by atoms with Gasteiger partial charge in [0.15, 0.2) is 24.8 Å². The molecule has 7 heterocycles. The zero-order valence-electron chi connectivity index (χ0n) is 23.1. The maximum Gasteiger partial charge on any atom is 0.169 e. The Hall–Kier alpha value is -5.10. The maximum atomic E-state index is 3.72. The third-order valence-electron chi connectivity index (χ3n) is 7.97. The van der Waals surface area contributed by atoms with Gasteiger partial charge in [-0.2, -0.15) is 0 Å². The number of hydrogen-bond donors (Lipinski definition) is 4. The van der Waals surface area contributed by atoms with E-state index in [2.05, 4.69) is 141 Å². The van der Waals surface area contributed by atoms with Crippen molar-refractivity contribution in [2.24, 2.45) is 14.1 Å². The number of nitrogens with zero attached hydrogens (tertiary/aromatic N) is 2. The average molecular weight is 525 g/mol. The van der Waals surface area contributed by atoms with Gasteiger partial charge in [0.25, 0.3) is 0 Å². The minimum atomic E-state index is 1.07. The van der Waals surface area contributed by atoms with Gasteiger partial charge in [0.05, 0.1) is 0 Å². The van der Waals surface area contributed by atoms with Crippen molar-refractivity contribution in [3.63, 3.8) is 0 Å². The van der Waals surface area contributed by atoms with Crippen LogP contribution in [0.2, 0.25) is 0 Å². The highest BCUT2D eigenvalue weighted by Gasteiger charge is 2.15. The van der Waals surface area contributed by atoms with Gasteiger partial charge in [0.2, 0.25) is 0 Å². The summed E-state index contributed by atoms with van der Waals surface area (Å²) >= 11 is 0. The largest absolute Gasteiger partial charge is 0.355 e. The lowest BCUT2D eigenvalue weighted by atomic mass is 10.0. The van der Waals surface area contributed by atoms with E-state index < -0.39 is 0 Å². The number of aryl methyl sites for hydroxylation is 2. The SMILES string of the molecule is CC1=c2ccc([nH]2)=C(c2cc[n+](C)cc2)c2ccc([nH]2)C(C)=c2ccc([nH]2)=C(c2cc[n+](C)cc2)c2ccc1[nH]2. The molecule has 0 unspecified atom stereocenters. The van der Waals surface area contributed by atoms with Crippen LogP contribution >= 0.6 is 0 Å². The number of nitrogens with one attached hydrogen (secondary N) is 4. The highest BCUT2D eigenvalue weighted by molar-refractivity contribution is 5.80. The van der Waals surface area contributed by atoms with Crippen molar-refractivity contribution in [2.75, 3.05) is 0 Å². The van der Waals surface area contributed by atoms with E-state index in [-0.39, 0.29) is 0 Å². The summed E-state index contributed by atoms with van der Waals surface area (Å²) in [5.41, 5.74) is 11.2. The lowest BCUT2D eigenvalue weighted by molar-refractivity contribution is -0.671. The Labute approximate surface area is 232 Å². The number of aromatic amines is 4. The Balaban J connectivity index is 1.57. The summed E-state index contributed by atoms with van der Waals surface area (Å²) in [6, 6.07) is 26.1. The number of pyridine rings is 2. The van der Waals surface area contributed by atoms with E-state index >= 15 is 0 Å². The van der Waals surface area contributed by atoms with Gasteiger partial charge in [0, 0.05) is 79.6 Å². The molecule has 4 N–H and O–H groups in total. The van der Waals surface area contributed by atoms with Gasteiger partial charge >= 0.3 is 0 Å². The molecule has 40 heavy (non-hydrogen) atoms. The summed E-state index contributed by atoms with van der Waals surface area (Å²) in [7, 11) is 4.08. The zero-order valence-corrected chi connectivity index (χ0v) is 23.1. The molecular formula is C34H32N6+2. The van der Waals surface area contributed by atoms with E-state index in [1.165, 1.54) is 0 Å². The monoisotopic (exact) mass is 524 g/mol. The predicted molar refractivity (Wildman–Crippen MR) is 156 cm³/mol. The third kappa shape index (κ3) is 4.05. The minimum absolute atomic E-state index is 1.07. The van der Waals surface area contributed by atoms with Crippen LogP contribution in [0.4, 0.5) is 0 Å². The smallest absolute Gasteiger partial charge is 0.169 e. The van der Waals surface area contributed by atoms with Crippen molar-refractivity contribution in [3.05, 3.63) is 153 Å². The van der Waals surface area contributed by atoms with Crippen molar-refractivity contribution in [1.82, 2.24) is 19.9 Å². The molecule has 0 aliphatic carbocycles. The molecule has 6 nitrogen and oxygen atoms in total. The number of fused-ring (bicyclic) bond motifs is 8. The Kier molecular flexibility index (Phi) is 5.56. The maximum absolute atomic E-state index is 3.72. The molecule has 0 amide bonds. The number of hydrogen-bond acceptors (Lipinski definition) is 0. The summed E-state index contributed by atoms with van der Waals surface area (Å²) in [5, 5.41) is 4.30. The van der Waals surface area contributed by atoms with Crippen LogP contribution in [-0.4, -0.2) is 19.9 Å². The van der Waals surface area contributed by atoms with Crippen LogP contribution in [0.5, 0.6) is 0 Å². The lowest BCUT2D eigenvalue weighted by Gasteiger charge is -2.06. The molecular weight excluding hydrogens is 492 g/mol. The Morgan fingerprint density at radius 2 is 0.750 bits per heavy atom. The first-order valence-electron chi connectivity index (χ1n) is 13.6. The van der Waals surface area contributed by atoms with Gasteiger partial charge in [-0.1, -0.05) is 0 Å². The second-order valence-electron chi connectivity index (χ2n) is 10.6. The lowest BCUT2D eigenvalue weighted by Crippen LogP contribution is -2.26. The van der Waals surface area contributed by atoms with Crippen LogP contribution < -0.4 is 30.5 Å². The molecule has 8 bridgehead atoms. The Morgan fingerprint density at radius 3 is 1.15 bits per heavy atom. The summed E-state index contributed by atoms with van der Waals surface area (Å²) in [6.45, 7) is 4.33. The zero-order chi connectivity index (χ0) is 27.4. The van der Waals surface area contributed by atoms with Crippen LogP contribution in [0.1, 0.15) is 47.8 Å². The Bertz CT molecular complexity index is 1970. The van der Waals surface area contributed by atoms with Crippen molar-refractivity contribution in [3.8, 4) is 0 Å². The topological polar surface area (TPSA) is 70.9 Å². The fraction of sp³-hybridized carbons (Fsp3) is 0.118. The van der Waals surface area contributed by atoms with E-state index in [0.29, 0.717) is 0 Å². The molecule has 0 spiro atoms. The molecule has 0 aromatic carbocycles. The van der Waals surface area contributed by atoms with Crippen molar-refractivity contribution in [1.29, 1.82) is 0 Å². The first-order valence-corrected chi connectivity index (χ1v) is 13.6. The van der Waals surface area contributed by atoms with E-state index in [1.807, 2.05) is 14.1 Å². The van der Waals surface area contributed by atoms with Gasteiger partial charge in [-0.3, -0.25) is 0 Å². The minimum Gasteiger partial charge on any atom is -0.355 e. The highest BCUT2D eigenvalue weighted by Crippen LogP contribution is 2.23. The van der Waals surface area contributed by atoms with Crippen LogP contribution in [0, 0.1) is 0 Å². The molecule has 6 aromatic rings. The van der Waals surface area contributed by atoms with Crippen molar-refractivity contribution in [2.45, 2.75) is 13.8 Å². The first-order chi connectivity index (χ1) is 19.4. The summed E-state index contributed by atoms with van der Waals surface area (Å²) in [6.07, 6.45) is 8.36. The van der Waals surface area contributed by atoms with Gasteiger partial charge in [0.1, 0.15) is 14.1 Å². The molecule has 6 aromatic heterocycles. The number of aromatic nitrogens is 6. The predicted octanol–water partition coefficient (Wildman–Crippen LogP) is 1.89. The van der Waals surface area contributed by atoms with Gasteiger partial charge in [-0.05, 0) is 84.7 Å². The fourth-order valence-electron chi connectivity index (χ4n) is 5.58. The van der Waals surface area contributed by atoms with Gasteiger partial charge in [-0.15, -0.1) is 0 Å². The van der Waals surface area contributed by atoms with Crippen LogP contribution in [0.25, 0.3) is 22.3 Å². The molecule has 1 aliphatic heterocycles. The standard InChI is InChI=1S/C34H30N6/c1-21-25-5-9-29(35-25)33(23-13-17-39(3)18-14-23)31-11-7-27(37-31)22(2)28-8-12-32(38-28)34(30-10-6-26(21)36-30)24-15-19-40(4)20-16-24/h5-20H,1-4H3,(H2,35,36,37,38)/p+2. The number of H-pyrrole nitrogens is 4. The third-order valence-corrected chi connectivity index (χ3v) is 7.97. The van der Waals surface area contributed by atoms with Gasteiger partial charge in [-0.25, -0.2) is 9.13 Å². The van der Waals surface area contributed by atoms with E-state index in [0.717, 1.165) is 77.6 Å². The van der Waals surface area contributed by atoms with E-state index in [1.54, 1.807) is 0 Å². The van der Waals surface area contributed by atoms with Crippen molar-refractivity contribution >= 4 is 22.3 Å². The molecule has 0 atom stereocenters. The molecule has 196 valence electrons. The molecule has 1 aliphatic rings. The highest BCUT2D eigenvalue weighted by atomic mass is 14.9. The van der Waals surface area contributed by atoms with E-state index in [4.69, 9.17) is 0 Å². The summed E-state index contributed by atoms with van der Waals surface area (Å²) < 4.78 is 4.12. The summed E-state index contributed by atoms with van der Waals surface area (Å²) in [5.74, 6) is 0. The molecule has 7 rings (SSSR count). The van der Waals surface area contributed by atoms with Crippen LogP contribution in [-0.2, 0) is 14.1 Å². The second-order valence-corrected chi connectivity index (χ2v) is 10.6. The Morgan fingerprint density at radius 1 is 0.400 bits per heavy atom. The van der Waals surface area contributed by atoms with Crippen molar-refractivity contribution < 1.29 is 9.13 Å². The number of rotatable bonds is 2. The molecule has 0 fully saturated rings.